The van der Waals surface area contributed by atoms with Crippen LogP contribution >= 0.6 is 0 Å². The molecule has 1 aliphatic heterocycles. The van der Waals surface area contributed by atoms with Gasteiger partial charge in [0.25, 0.3) is 0 Å². The molecule has 1 aliphatic rings. The number of nitrogens with zero attached hydrogens (tertiary/aromatic N) is 5. The molecule has 9 nitrogen and oxygen atoms in total. The van der Waals surface area contributed by atoms with Gasteiger partial charge in [-0.1, -0.05) is 0 Å². The zero-order chi connectivity index (χ0) is 19.7. The smallest absolute Gasteiger partial charge is 0.158 e. The van der Waals surface area contributed by atoms with Gasteiger partial charge in [-0.15, -0.1) is 10.2 Å². The quantitative estimate of drug-likeness (QED) is 0.734. The number of anilines is 3. The molecule has 0 saturated carbocycles. The second kappa shape index (κ2) is 9.70. The maximum Gasteiger partial charge on any atom is 0.158 e. The van der Waals surface area contributed by atoms with E-state index in [1.54, 1.807) is 13.1 Å². The number of rotatable bonds is 4. The van der Waals surface area contributed by atoms with Crippen molar-refractivity contribution in [3.8, 4) is 6.07 Å². The number of halogens is 1. The number of nitrogens with one attached hydrogen (secondary N) is 3. The minimum absolute atomic E-state index is 0.220. The van der Waals surface area contributed by atoms with Crippen LogP contribution in [0.3, 0.4) is 0 Å². The van der Waals surface area contributed by atoms with Crippen molar-refractivity contribution < 1.29 is 9.13 Å². The fraction of sp³-hybridized carbons (Fsp3) is 0.471. The fourth-order valence-corrected chi connectivity index (χ4v) is 2.18. The molecule has 0 aliphatic carbocycles. The summed E-state index contributed by atoms with van der Waals surface area (Å²) in [6, 6.07) is 3.51. The van der Waals surface area contributed by atoms with Crippen molar-refractivity contribution in [2.75, 3.05) is 44.0 Å². The molecular weight excluding hydrogens is 351 g/mol. The number of nitriles is 1. The highest BCUT2D eigenvalue weighted by Crippen LogP contribution is 2.30. The van der Waals surface area contributed by atoms with Crippen LogP contribution < -0.4 is 16.0 Å². The molecular formula is C17H23FN8O. The first-order valence-electron chi connectivity index (χ1n) is 8.46. The van der Waals surface area contributed by atoms with E-state index in [0.29, 0.717) is 17.3 Å². The van der Waals surface area contributed by atoms with Crippen LogP contribution in [0.25, 0.3) is 0 Å². The van der Waals surface area contributed by atoms with E-state index in [1.807, 2.05) is 6.07 Å². The lowest BCUT2D eigenvalue weighted by molar-refractivity contribution is 0.109. The van der Waals surface area contributed by atoms with Gasteiger partial charge >= 0.3 is 0 Å². The first-order valence-corrected chi connectivity index (χ1v) is 8.46. The summed E-state index contributed by atoms with van der Waals surface area (Å²) < 4.78 is 19.0. The Kier molecular flexibility index (Phi) is 7.34. The highest BCUT2D eigenvalue weighted by Gasteiger charge is 2.25. The van der Waals surface area contributed by atoms with E-state index < -0.39 is 5.67 Å². The average molecular weight is 374 g/mol. The van der Waals surface area contributed by atoms with Crippen molar-refractivity contribution in [3.63, 3.8) is 0 Å². The SMILES string of the molecule is C1COCCN1.CNc1cc(Nc2cnc(C#N)cn2)nnc1C(C)(C)F. The number of alkyl halides is 1. The van der Waals surface area contributed by atoms with Crippen molar-refractivity contribution >= 4 is 17.3 Å². The normalized spacial score (nSPS) is 13.7. The van der Waals surface area contributed by atoms with Gasteiger partial charge in [-0.2, -0.15) is 5.26 Å². The Morgan fingerprint density at radius 3 is 2.37 bits per heavy atom. The highest BCUT2D eigenvalue weighted by molar-refractivity contribution is 5.60. The second-order valence-electron chi connectivity index (χ2n) is 6.10. The Bertz CT molecular complexity index is 754. The third-order valence-electron chi connectivity index (χ3n) is 3.50. The molecule has 144 valence electrons. The number of morpholine rings is 1. The molecule has 0 bridgehead atoms. The molecule has 3 heterocycles. The van der Waals surface area contributed by atoms with Gasteiger partial charge in [0, 0.05) is 26.2 Å². The van der Waals surface area contributed by atoms with Gasteiger partial charge in [0.1, 0.15) is 17.6 Å². The summed E-state index contributed by atoms with van der Waals surface area (Å²) in [5.74, 6) is 0.809. The Morgan fingerprint density at radius 2 is 1.93 bits per heavy atom. The first-order chi connectivity index (χ1) is 12.9. The second-order valence-corrected chi connectivity index (χ2v) is 6.10. The van der Waals surface area contributed by atoms with E-state index in [1.165, 1.54) is 26.2 Å². The molecule has 1 fully saturated rings. The summed E-state index contributed by atoms with van der Waals surface area (Å²) in [6.07, 6.45) is 2.75. The van der Waals surface area contributed by atoms with Crippen molar-refractivity contribution in [2.45, 2.75) is 19.5 Å². The number of hydrogen-bond donors (Lipinski definition) is 3. The summed E-state index contributed by atoms with van der Waals surface area (Å²) in [5, 5.41) is 25.4. The molecule has 10 heteroatoms. The van der Waals surface area contributed by atoms with E-state index in [0.717, 1.165) is 26.3 Å². The van der Waals surface area contributed by atoms with Crippen molar-refractivity contribution in [2.24, 2.45) is 0 Å². The van der Waals surface area contributed by atoms with E-state index in [4.69, 9.17) is 10.00 Å². The Morgan fingerprint density at radius 1 is 1.19 bits per heavy atom. The molecule has 27 heavy (non-hydrogen) atoms. The third-order valence-corrected chi connectivity index (χ3v) is 3.50. The number of hydrogen-bond acceptors (Lipinski definition) is 9. The van der Waals surface area contributed by atoms with Gasteiger partial charge in [0.15, 0.2) is 17.2 Å². The van der Waals surface area contributed by atoms with Crippen LogP contribution in [0.2, 0.25) is 0 Å². The molecule has 0 spiro atoms. The minimum atomic E-state index is -1.60. The zero-order valence-corrected chi connectivity index (χ0v) is 15.6. The Balaban J connectivity index is 0.000000369. The standard InChI is InChI=1S/C13H14FN7.C4H9NO/c1-13(2,14)12-9(16-3)4-10(20-21-12)19-11-7-17-8(5-15)6-18-11;1-3-6-4-2-5-1/h4,6-7H,1-3H3,(H2,16,18,19,20);5H,1-4H2. The van der Waals surface area contributed by atoms with Gasteiger partial charge in [-0.05, 0) is 13.8 Å². The van der Waals surface area contributed by atoms with Crippen LogP contribution in [0.4, 0.5) is 21.7 Å². The maximum absolute atomic E-state index is 14.0. The molecule has 0 amide bonds. The van der Waals surface area contributed by atoms with Gasteiger partial charge < -0.3 is 20.7 Å². The van der Waals surface area contributed by atoms with Crippen molar-refractivity contribution in [3.05, 3.63) is 29.8 Å². The average Bonchev–Trinajstić information content (AvgIpc) is 2.69. The lowest BCUT2D eigenvalue weighted by Gasteiger charge is -2.17. The molecule has 3 rings (SSSR count). The van der Waals surface area contributed by atoms with Crippen molar-refractivity contribution in [1.82, 2.24) is 25.5 Å². The van der Waals surface area contributed by atoms with E-state index in [-0.39, 0.29) is 11.4 Å². The monoisotopic (exact) mass is 374 g/mol. The highest BCUT2D eigenvalue weighted by atomic mass is 19.1. The fourth-order valence-electron chi connectivity index (χ4n) is 2.18. The lowest BCUT2D eigenvalue weighted by Crippen LogP contribution is -2.30. The van der Waals surface area contributed by atoms with Crippen LogP contribution in [0, 0.1) is 11.3 Å². The van der Waals surface area contributed by atoms with E-state index in [2.05, 4.69) is 36.1 Å². The van der Waals surface area contributed by atoms with Crippen LogP contribution in [0.15, 0.2) is 18.5 Å². The molecule has 0 atom stereocenters. The van der Waals surface area contributed by atoms with Crippen molar-refractivity contribution in [1.29, 1.82) is 5.26 Å². The van der Waals surface area contributed by atoms with Gasteiger partial charge in [0.05, 0.1) is 31.3 Å². The first kappa shape index (κ1) is 20.4. The molecule has 0 aromatic carbocycles. The molecule has 2 aromatic heterocycles. The largest absolute Gasteiger partial charge is 0.386 e. The predicted octanol–water partition coefficient (Wildman–Crippen LogP) is 1.73. The van der Waals surface area contributed by atoms with E-state index in [9.17, 15) is 4.39 Å². The third kappa shape index (κ3) is 6.40. The summed E-state index contributed by atoms with van der Waals surface area (Å²) in [7, 11) is 1.68. The van der Waals surface area contributed by atoms with Gasteiger partial charge in [-0.25, -0.2) is 14.4 Å². The molecule has 1 saturated heterocycles. The van der Waals surface area contributed by atoms with Crippen LogP contribution in [-0.2, 0) is 10.4 Å². The summed E-state index contributed by atoms with van der Waals surface area (Å²) in [6.45, 7) is 6.66. The lowest BCUT2D eigenvalue weighted by atomic mass is 10.1. The summed E-state index contributed by atoms with van der Waals surface area (Å²) in [5.41, 5.74) is -0.627. The molecule has 0 unspecified atom stereocenters. The molecule has 2 aromatic rings. The number of aromatic nitrogens is 4. The summed E-state index contributed by atoms with van der Waals surface area (Å²) >= 11 is 0. The van der Waals surface area contributed by atoms with Crippen LogP contribution in [0.5, 0.6) is 0 Å². The topological polar surface area (TPSA) is 121 Å². The zero-order valence-electron chi connectivity index (χ0n) is 15.6. The Labute approximate surface area is 157 Å². The van der Waals surface area contributed by atoms with Gasteiger partial charge in [0.2, 0.25) is 0 Å². The van der Waals surface area contributed by atoms with E-state index >= 15 is 0 Å². The van der Waals surface area contributed by atoms with Crippen LogP contribution in [0.1, 0.15) is 25.2 Å². The molecule has 0 radical (unpaired) electrons. The van der Waals surface area contributed by atoms with Gasteiger partial charge in [-0.3, -0.25) is 0 Å². The minimum Gasteiger partial charge on any atom is -0.386 e. The predicted molar refractivity (Wildman–Crippen MR) is 99.4 cm³/mol. The molecule has 3 N–H and O–H groups in total. The Hall–Kier alpha value is -2.90. The number of ether oxygens (including phenoxy) is 1. The van der Waals surface area contributed by atoms with Crippen LogP contribution in [-0.4, -0.2) is 53.5 Å². The summed E-state index contributed by atoms with van der Waals surface area (Å²) in [4.78, 5) is 7.90. The maximum atomic E-state index is 14.0.